The fourth-order valence-corrected chi connectivity index (χ4v) is 2.67. The van der Waals surface area contributed by atoms with E-state index in [1.54, 1.807) is 7.05 Å². The van der Waals surface area contributed by atoms with Gasteiger partial charge in [0.25, 0.3) is 0 Å². The summed E-state index contributed by atoms with van der Waals surface area (Å²) in [6.07, 6.45) is 6.55. The second kappa shape index (κ2) is 9.32. The van der Waals surface area contributed by atoms with Crippen molar-refractivity contribution in [1.82, 2.24) is 10.2 Å². The van der Waals surface area contributed by atoms with Gasteiger partial charge >= 0.3 is 0 Å². The van der Waals surface area contributed by atoms with Crippen molar-refractivity contribution in [2.75, 3.05) is 33.3 Å². The molecule has 0 aromatic carbocycles. The molecule has 1 aliphatic rings. The van der Waals surface area contributed by atoms with Gasteiger partial charge in [-0.25, -0.2) is 0 Å². The van der Waals surface area contributed by atoms with Crippen molar-refractivity contribution in [2.24, 2.45) is 5.92 Å². The first-order chi connectivity index (χ1) is 9.11. The molecule has 1 aliphatic heterocycles. The van der Waals surface area contributed by atoms with Crippen LogP contribution in [0, 0.1) is 5.92 Å². The molecule has 0 spiro atoms. The molecule has 1 atom stereocenters. The Morgan fingerprint density at radius 2 is 2.21 bits per heavy atom. The van der Waals surface area contributed by atoms with Crippen LogP contribution in [0.4, 0.5) is 0 Å². The monoisotopic (exact) mass is 270 g/mol. The van der Waals surface area contributed by atoms with Crippen LogP contribution in [0.1, 0.15) is 46.0 Å². The molecule has 1 rings (SSSR count). The van der Waals surface area contributed by atoms with Gasteiger partial charge in [0.15, 0.2) is 0 Å². The Morgan fingerprint density at radius 3 is 2.89 bits per heavy atom. The van der Waals surface area contributed by atoms with Crippen molar-refractivity contribution < 1.29 is 9.53 Å². The SMILES string of the molecule is CNC(=O)CN1CCCC(CCCCOC(C)C)C1. The third-order valence-electron chi connectivity index (χ3n) is 3.71. The average Bonchev–Trinajstić information content (AvgIpc) is 2.38. The number of piperidine rings is 1. The molecule has 0 bridgehead atoms. The molecule has 1 N–H and O–H groups in total. The largest absolute Gasteiger partial charge is 0.379 e. The number of carbonyl (C=O) groups excluding carboxylic acids is 1. The molecule has 0 radical (unpaired) electrons. The van der Waals surface area contributed by atoms with Crippen LogP contribution in [0.15, 0.2) is 0 Å². The van der Waals surface area contributed by atoms with Gasteiger partial charge < -0.3 is 10.1 Å². The van der Waals surface area contributed by atoms with Gasteiger partial charge in [0.2, 0.25) is 5.91 Å². The number of nitrogens with one attached hydrogen (secondary N) is 1. The summed E-state index contributed by atoms with van der Waals surface area (Å²) in [6, 6.07) is 0. The predicted molar refractivity (Wildman–Crippen MR) is 78.2 cm³/mol. The maximum Gasteiger partial charge on any atom is 0.233 e. The lowest BCUT2D eigenvalue weighted by molar-refractivity contribution is -0.122. The van der Waals surface area contributed by atoms with E-state index in [0.29, 0.717) is 12.6 Å². The summed E-state index contributed by atoms with van der Waals surface area (Å²) < 4.78 is 5.56. The number of likely N-dealkylation sites (tertiary alicyclic amines) is 1. The smallest absolute Gasteiger partial charge is 0.233 e. The zero-order valence-corrected chi connectivity index (χ0v) is 12.8. The summed E-state index contributed by atoms with van der Waals surface area (Å²) in [5, 5.41) is 2.70. The minimum absolute atomic E-state index is 0.131. The van der Waals surface area contributed by atoms with Crippen molar-refractivity contribution in [2.45, 2.75) is 52.1 Å². The fraction of sp³-hybridized carbons (Fsp3) is 0.933. The van der Waals surface area contributed by atoms with E-state index in [4.69, 9.17) is 4.74 Å². The molecule has 1 fully saturated rings. The first-order valence-electron chi connectivity index (χ1n) is 7.66. The number of hydrogen-bond acceptors (Lipinski definition) is 3. The van der Waals surface area contributed by atoms with E-state index in [9.17, 15) is 4.79 Å². The highest BCUT2D eigenvalue weighted by Crippen LogP contribution is 2.21. The highest BCUT2D eigenvalue weighted by molar-refractivity contribution is 5.77. The molecule has 4 nitrogen and oxygen atoms in total. The Bertz CT molecular complexity index is 257. The molecular formula is C15H30N2O2. The summed E-state index contributed by atoms with van der Waals surface area (Å²) in [6.45, 7) is 7.75. The van der Waals surface area contributed by atoms with Crippen LogP contribution in [0.25, 0.3) is 0 Å². The number of carbonyl (C=O) groups is 1. The second-order valence-corrected chi connectivity index (χ2v) is 5.83. The molecule has 1 heterocycles. The van der Waals surface area contributed by atoms with Crippen LogP contribution >= 0.6 is 0 Å². The van der Waals surface area contributed by atoms with Crippen LogP contribution in [-0.4, -0.2) is 50.2 Å². The minimum atomic E-state index is 0.131. The molecule has 0 aromatic heterocycles. The predicted octanol–water partition coefficient (Wildman–Crippen LogP) is 2.04. The maximum atomic E-state index is 11.4. The van der Waals surface area contributed by atoms with E-state index >= 15 is 0 Å². The van der Waals surface area contributed by atoms with Crippen molar-refractivity contribution in [1.29, 1.82) is 0 Å². The van der Waals surface area contributed by atoms with Crippen molar-refractivity contribution >= 4 is 5.91 Å². The lowest BCUT2D eigenvalue weighted by atomic mass is 9.93. The van der Waals surface area contributed by atoms with Gasteiger partial charge in [-0.3, -0.25) is 9.69 Å². The zero-order chi connectivity index (χ0) is 14.1. The van der Waals surface area contributed by atoms with Gasteiger partial charge in [-0.15, -0.1) is 0 Å². The second-order valence-electron chi connectivity index (χ2n) is 5.83. The lowest BCUT2D eigenvalue weighted by Gasteiger charge is -2.32. The van der Waals surface area contributed by atoms with Crippen LogP contribution in [0.5, 0.6) is 0 Å². The highest BCUT2D eigenvalue weighted by Gasteiger charge is 2.20. The summed E-state index contributed by atoms with van der Waals surface area (Å²) in [5.41, 5.74) is 0. The molecular weight excluding hydrogens is 240 g/mol. The standard InChI is InChI=1S/C15H30N2O2/c1-13(2)19-10-5-4-7-14-8-6-9-17(11-14)12-15(18)16-3/h13-14H,4-12H2,1-3H3,(H,16,18). The molecule has 4 heteroatoms. The molecule has 0 aromatic rings. The van der Waals surface area contributed by atoms with Crippen LogP contribution in [-0.2, 0) is 9.53 Å². The van der Waals surface area contributed by atoms with Crippen LogP contribution in [0.3, 0.4) is 0 Å². The Labute approximate surface area is 117 Å². The molecule has 1 amide bonds. The number of amides is 1. The maximum absolute atomic E-state index is 11.4. The van der Waals surface area contributed by atoms with Gasteiger partial charge in [-0.05, 0) is 52.0 Å². The summed E-state index contributed by atoms with van der Waals surface area (Å²) >= 11 is 0. The summed E-state index contributed by atoms with van der Waals surface area (Å²) in [4.78, 5) is 13.7. The number of unbranched alkanes of at least 4 members (excludes halogenated alkanes) is 1. The summed E-state index contributed by atoms with van der Waals surface area (Å²) in [5.74, 6) is 0.892. The molecule has 1 unspecified atom stereocenters. The minimum Gasteiger partial charge on any atom is -0.379 e. The normalized spacial score (nSPS) is 20.7. The van der Waals surface area contributed by atoms with Crippen molar-refractivity contribution in [3.8, 4) is 0 Å². The number of rotatable bonds is 8. The van der Waals surface area contributed by atoms with Crippen molar-refractivity contribution in [3.63, 3.8) is 0 Å². The van der Waals surface area contributed by atoms with Gasteiger partial charge in [0, 0.05) is 20.2 Å². The van der Waals surface area contributed by atoms with E-state index in [1.807, 2.05) is 0 Å². The molecule has 112 valence electrons. The topological polar surface area (TPSA) is 41.6 Å². The highest BCUT2D eigenvalue weighted by atomic mass is 16.5. The average molecular weight is 270 g/mol. The van der Waals surface area contributed by atoms with Gasteiger partial charge in [-0.2, -0.15) is 0 Å². The first-order valence-corrected chi connectivity index (χ1v) is 7.66. The Kier molecular flexibility index (Phi) is 8.07. The van der Waals surface area contributed by atoms with Gasteiger partial charge in [0.05, 0.1) is 12.6 Å². The third-order valence-corrected chi connectivity index (χ3v) is 3.71. The van der Waals surface area contributed by atoms with E-state index in [2.05, 4.69) is 24.1 Å². The van der Waals surface area contributed by atoms with E-state index in [0.717, 1.165) is 32.0 Å². The third kappa shape index (κ3) is 7.53. The molecule has 1 saturated heterocycles. The Morgan fingerprint density at radius 1 is 1.42 bits per heavy atom. The Hall–Kier alpha value is -0.610. The van der Waals surface area contributed by atoms with Gasteiger partial charge in [-0.1, -0.05) is 6.42 Å². The van der Waals surface area contributed by atoms with Crippen molar-refractivity contribution in [3.05, 3.63) is 0 Å². The molecule has 19 heavy (non-hydrogen) atoms. The number of nitrogens with zero attached hydrogens (tertiary/aromatic N) is 1. The number of ether oxygens (including phenoxy) is 1. The fourth-order valence-electron chi connectivity index (χ4n) is 2.67. The number of hydrogen-bond donors (Lipinski definition) is 1. The Balaban J connectivity index is 2.11. The van der Waals surface area contributed by atoms with E-state index in [1.165, 1.54) is 25.7 Å². The lowest BCUT2D eigenvalue weighted by Crippen LogP contribution is -2.41. The number of likely N-dealkylation sites (N-methyl/N-ethyl adjacent to an activating group) is 1. The van der Waals surface area contributed by atoms with Crippen LogP contribution < -0.4 is 5.32 Å². The quantitative estimate of drug-likeness (QED) is 0.686. The summed E-state index contributed by atoms with van der Waals surface area (Å²) in [7, 11) is 1.71. The molecule has 0 aliphatic carbocycles. The van der Waals surface area contributed by atoms with E-state index in [-0.39, 0.29) is 5.91 Å². The van der Waals surface area contributed by atoms with E-state index < -0.39 is 0 Å². The first kappa shape index (κ1) is 16.4. The zero-order valence-electron chi connectivity index (χ0n) is 12.8. The van der Waals surface area contributed by atoms with Gasteiger partial charge in [0.1, 0.15) is 0 Å². The van der Waals surface area contributed by atoms with Crippen LogP contribution in [0.2, 0.25) is 0 Å². The molecule has 0 saturated carbocycles.